The van der Waals surface area contributed by atoms with Crippen LogP contribution in [0.1, 0.15) is 52.6 Å². The lowest BCUT2D eigenvalue weighted by atomic mass is 9.86. The molecule has 0 radical (unpaired) electrons. The number of carbonyl (C=O) groups is 2. The van der Waals surface area contributed by atoms with Crippen LogP contribution in [0, 0.1) is 0 Å². The van der Waals surface area contributed by atoms with E-state index in [-0.39, 0.29) is 17.1 Å². The van der Waals surface area contributed by atoms with Gasteiger partial charge < -0.3 is 10.1 Å². The summed E-state index contributed by atoms with van der Waals surface area (Å²) in [6.45, 7) is 6.41. The predicted molar refractivity (Wildman–Crippen MR) is 116 cm³/mol. The molecule has 3 aromatic carbocycles. The highest BCUT2D eigenvalue weighted by molar-refractivity contribution is 6.10. The average Bonchev–Trinajstić information content (AvgIpc) is 2.73. The van der Waals surface area contributed by atoms with E-state index in [9.17, 15) is 9.59 Å². The number of hydrogen-bond donors (Lipinski definition) is 1. The second kappa shape index (κ2) is 8.31. The van der Waals surface area contributed by atoms with Crippen molar-refractivity contribution in [3.05, 3.63) is 95.1 Å². The Balaban J connectivity index is 1.76. The van der Waals surface area contributed by atoms with Gasteiger partial charge in [-0.15, -0.1) is 0 Å². The van der Waals surface area contributed by atoms with E-state index in [0.717, 1.165) is 0 Å². The summed E-state index contributed by atoms with van der Waals surface area (Å²) in [6.07, 6.45) is 0. The Bertz CT molecular complexity index is 1010. The van der Waals surface area contributed by atoms with Crippen molar-refractivity contribution in [2.45, 2.75) is 26.2 Å². The number of ether oxygens (including phenoxy) is 1. The second-order valence-electron chi connectivity index (χ2n) is 7.92. The van der Waals surface area contributed by atoms with Gasteiger partial charge in [-0.25, -0.2) is 0 Å². The quantitative estimate of drug-likeness (QED) is 0.590. The molecular formula is C25H25NO3. The summed E-state index contributed by atoms with van der Waals surface area (Å²) in [7, 11) is 1.58. The largest absolute Gasteiger partial charge is 0.497 e. The first kappa shape index (κ1) is 20.3. The summed E-state index contributed by atoms with van der Waals surface area (Å²) in [6, 6.07) is 21.5. The molecule has 0 unspecified atom stereocenters. The van der Waals surface area contributed by atoms with Crippen LogP contribution in [-0.4, -0.2) is 18.8 Å². The third kappa shape index (κ3) is 4.91. The van der Waals surface area contributed by atoms with Crippen LogP contribution in [0.5, 0.6) is 5.75 Å². The molecule has 0 spiro atoms. The number of amides is 1. The van der Waals surface area contributed by atoms with Crippen LogP contribution in [0.2, 0.25) is 0 Å². The van der Waals surface area contributed by atoms with Crippen molar-refractivity contribution < 1.29 is 14.3 Å². The molecule has 3 rings (SSSR count). The molecule has 0 aliphatic heterocycles. The first-order chi connectivity index (χ1) is 13.8. The number of hydrogen-bond acceptors (Lipinski definition) is 3. The molecule has 1 amide bonds. The third-order valence-corrected chi connectivity index (χ3v) is 4.75. The van der Waals surface area contributed by atoms with Crippen LogP contribution in [0.4, 0.5) is 5.69 Å². The molecule has 4 nitrogen and oxygen atoms in total. The van der Waals surface area contributed by atoms with Gasteiger partial charge >= 0.3 is 0 Å². The van der Waals surface area contributed by atoms with E-state index >= 15 is 0 Å². The average molecular weight is 387 g/mol. The minimum Gasteiger partial charge on any atom is -0.497 e. The third-order valence-electron chi connectivity index (χ3n) is 4.75. The van der Waals surface area contributed by atoms with E-state index in [1.54, 1.807) is 55.6 Å². The molecular weight excluding hydrogens is 362 g/mol. The Morgan fingerprint density at radius 3 is 2.00 bits per heavy atom. The fourth-order valence-electron chi connectivity index (χ4n) is 2.97. The van der Waals surface area contributed by atoms with E-state index in [1.807, 2.05) is 24.3 Å². The van der Waals surface area contributed by atoms with Crippen molar-refractivity contribution in [2.24, 2.45) is 0 Å². The molecule has 0 heterocycles. The molecule has 148 valence electrons. The van der Waals surface area contributed by atoms with Gasteiger partial charge in [0.05, 0.1) is 7.11 Å². The maximum Gasteiger partial charge on any atom is 0.255 e. The van der Waals surface area contributed by atoms with Crippen LogP contribution in [-0.2, 0) is 5.41 Å². The normalized spacial score (nSPS) is 11.0. The van der Waals surface area contributed by atoms with Gasteiger partial charge in [0.2, 0.25) is 0 Å². The number of benzene rings is 3. The number of nitrogens with one attached hydrogen (secondary N) is 1. The summed E-state index contributed by atoms with van der Waals surface area (Å²) < 4.78 is 5.11. The zero-order valence-corrected chi connectivity index (χ0v) is 17.2. The fourth-order valence-corrected chi connectivity index (χ4v) is 2.97. The summed E-state index contributed by atoms with van der Waals surface area (Å²) in [4.78, 5) is 25.3. The van der Waals surface area contributed by atoms with Crippen molar-refractivity contribution in [1.82, 2.24) is 0 Å². The van der Waals surface area contributed by atoms with Gasteiger partial charge in [-0.2, -0.15) is 0 Å². The van der Waals surface area contributed by atoms with Crippen molar-refractivity contribution in [2.75, 3.05) is 12.4 Å². The zero-order valence-electron chi connectivity index (χ0n) is 17.2. The van der Waals surface area contributed by atoms with Gasteiger partial charge in [0.25, 0.3) is 5.91 Å². The van der Waals surface area contributed by atoms with E-state index in [1.165, 1.54) is 5.56 Å². The molecule has 0 bridgehead atoms. The van der Waals surface area contributed by atoms with Crippen LogP contribution < -0.4 is 10.1 Å². The van der Waals surface area contributed by atoms with Crippen LogP contribution in [0.15, 0.2) is 72.8 Å². The van der Waals surface area contributed by atoms with Crippen molar-refractivity contribution in [3.8, 4) is 5.75 Å². The van der Waals surface area contributed by atoms with Gasteiger partial charge in [-0.3, -0.25) is 9.59 Å². The Morgan fingerprint density at radius 1 is 0.793 bits per heavy atom. The molecule has 0 aliphatic rings. The summed E-state index contributed by atoms with van der Waals surface area (Å²) >= 11 is 0. The van der Waals surface area contributed by atoms with Gasteiger partial charge in [-0.05, 0) is 47.4 Å². The standard InChI is InChI=1S/C25H25NO3/c1-25(2,3)20-12-8-17(9-13-20)23(27)19-6-5-7-21(16-19)26-24(28)18-10-14-22(29-4)15-11-18/h5-16H,1-4H3,(H,26,28). The monoisotopic (exact) mass is 387 g/mol. The minimum atomic E-state index is -0.244. The molecule has 1 N–H and O–H groups in total. The van der Waals surface area contributed by atoms with Gasteiger partial charge in [0, 0.05) is 22.4 Å². The number of methoxy groups -OCH3 is 1. The van der Waals surface area contributed by atoms with Crippen molar-refractivity contribution >= 4 is 17.4 Å². The predicted octanol–water partition coefficient (Wildman–Crippen LogP) is 5.48. The number of ketones is 1. The molecule has 0 fully saturated rings. The molecule has 3 aromatic rings. The van der Waals surface area contributed by atoms with E-state index in [0.29, 0.717) is 28.1 Å². The number of carbonyl (C=O) groups excluding carboxylic acids is 2. The Labute approximate surface area is 171 Å². The highest BCUT2D eigenvalue weighted by atomic mass is 16.5. The Kier molecular flexibility index (Phi) is 5.83. The molecule has 4 heteroatoms. The summed E-state index contributed by atoms with van der Waals surface area (Å²) in [5, 5.41) is 2.84. The van der Waals surface area contributed by atoms with E-state index in [4.69, 9.17) is 4.74 Å². The molecule has 0 saturated carbocycles. The van der Waals surface area contributed by atoms with Crippen molar-refractivity contribution in [3.63, 3.8) is 0 Å². The first-order valence-electron chi connectivity index (χ1n) is 9.48. The molecule has 0 aromatic heterocycles. The highest BCUT2D eigenvalue weighted by Crippen LogP contribution is 2.23. The van der Waals surface area contributed by atoms with Crippen molar-refractivity contribution in [1.29, 1.82) is 0 Å². The molecule has 0 aliphatic carbocycles. The summed E-state index contributed by atoms with van der Waals surface area (Å²) in [5.74, 6) is 0.365. The topological polar surface area (TPSA) is 55.4 Å². The SMILES string of the molecule is COc1ccc(C(=O)Nc2cccc(C(=O)c3ccc(C(C)(C)C)cc3)c2)cc1. The summed E-state index contributed by atoms with van der Waals surface area (Å²) in [5.41, 5.74) is 3.45. The second-order valence-corrected chi connectivity index (χ2v) is 7.92. The highest BCUT2D eigenvalue weighted by Gasteiger charge is 2.15. The lowest BCUT2D eigenvalue weighted by Crippen LogP contribution is -2.13. The Hall–Kier alpha value is -3.40. The maximum absolute atomic E-state index is 12.9. The maximum atomic E-state index is 12.9. The lowest BCUT2D eigenvalue weighted by molar-refractivity contribution is 0.102. The van der Waals surface area contributed by atoms with E-state index in [2.05, 4.69) is 26.1 Å². The molecule has 0 atom stereocenters. The zero-order chi connectivity index (χ0) is 21.0. The minimum absolute atomic E-state index is 0.0350. The molecule has 29 heavy (non-hydrogen) atoms. The van der Waals surface area contributed by atoms with Gasteiger partial charge in [-0.1, -0.05) is 57.2 Å². The van der Waals surface area contributed by atoms with Crippen LogP contribution in [0.3, 0.4) is 0 Å². The van der Waals surface area contributed by atoms with E-state index < -0.39 is 0 Å². The molecule has 0 saturated heterocycles. The number of rotatable bonds is 5. The fraction of sp³-hybridized carbons (Fsp3) is 0.200. The number of anilines is 1. The van der Waals surface area contributed by atoms with Gasteiger partial charge in [0.15, 0.2) is 5.78 Å². The van der Waals surface area contributed by atoms with Crippen LogP contribution >= 0.6 is 0 Å². The first-order valence-corrected chi connectivity index (χ1v) is 9.48. The Morgan fingerprint density at radius 2 is 1.41 bits per heavy atom. The van der Waals surface area contributed by atoms with Gasteiger partial charge in [0.1, 0.15) is 5.75 Å². The lowest BCUT2D eigenvalue weighted by Gasteiger charge is -2.19. The van der Waals surface area contributed by atoms with Crippen LogP contribution in [0.25, 0.3) is 0 Å². The smallest absolute Gasteiger partial charge is 0.255 e.